The summed E-state index contributed by atoms with van der Waals surface area (Å²) < 4.78 is 13.5. The van der Waals surface area contributed by atoms with Gasteiger partial charge in [0, 0.05) is 19.1 Å². The number of benzene rings is 1. The molecule has 0 spiro atoms. The van der Waals surface area contributed by atoms with Crippen LogP contribution in [-0.2, 0) is 11.3 Å². The maximum atomic E-state index is 13.5. The Morgan fingerprint density at radius 1 is 1.44 bits per heavy atom. The van der Waals surface area contributed by atoms with Gasteiger partial charge in [0.1, 0.15) is 11.4 Å². The fourth-order valence-electron chi connectivity index (χ4n) is 3.09. The molecule has 7 nitrogen and oxygen atoms in total. The summed E-state index contributed by atoms with van der Waals surface area (Å²) in [5.41, 5.74) is 11.0. The van der Waals surface area contributed by atoms with E-state index in [9.17, 15) is 19.1 Å². The molecule has 1 aromatic carbocycles. The van der Waals surface area contributed by atoms with Gasteiger partial charge in [0.2, 0.25) is 0 Å². The highest BCUT2D eigenvalue weighted by molar-refractivity contribution is 5.84. The number of hydrogen-bond acceptors (Lipinski definition) is 4. The third-order valence-corrected chi connectivity index (χ3v) is 4.46. The lowest BCUT2D eigenvalue weighted by Gasteiger charge is -2.40. The van der Waals surface area contributed by atoms with Gasteiger partial charge < -0.3 is 26.8 Å². The van der Waals surface area contributed by atoms with Gasteiger partial charge in [0.05, 0.1) is 6.04 Å². The van der Waals surface area contributed by atoms with Crippen molar-refractivity contribution in [2.45, 2.75) is 50.9 Å². The topological polar surface area (TPSA) is 122 Å². The molecule has 0 aromatic heterocycles. The Labute approximate surface area is 146 Å². The Balaban J connectivity index is 2.28. The molecule has 138 valence electrons. The number of carbonyl (C=O) groups excluding carboxylic acids is 2. The predicted molar refractivity (Wildman–Crippen MR) is 90.8 cm³/mol. The number of carbonyl (C=O) groups is 2. The van der Waals surface area contributed by atoms with Crippen LogP contribution in [0, 0.1) is 5.82 Å². The van der Waals surface area contributed by atoms with Crippen LogP contribution < -0.4 is 16.8 Å². The highest BCUT2D eigenvalue weighted by atomic mass is 19.1. The standard InChI is InChI=1S/C17H25FN4O3/c1-17(2,25)15(23)21-12-5-6-22(16(20)24)14(8-12)13-4-3-11(18)7-10(13)9-19/h3-4,7,12,14,25H,5-6,8-9,19H2,1-2H3,(H2,20,24)(H,21,23). The molecular weight excluding hydrogens is 327 g/mol. The first-order valence-electron chi connectivity index (χ1n) is 8.21. The predicted octanol–water partition coefficient (Wildman–Crippen LogP) is 0.756. The van der Waals surface area contributed by atoms with Crippen LogP contribution in [0.2, 0.25) is 0 Å². The largest absolute Gasteiger partial charge is 0.381 e. The smallest absolute Gasteiger partial charge is 0.315 e. The SMILES string of the molecule is CC(C)(O)C(=O)NC1CCN(C(N)=O)C(c2ccc(F)cc2CN)C1. The molecule has 1 saturated heterocycles. The molecule has 1 aliphatic heterocycles. The van der Waals surface area contributed by atoms with E-state index in [2.05, 4.69) is 5.32 Å². The molecule has 1 aromatic rings. The number of piperidine rings is 1. The van der Waals surface area contributed by atoms with E-state index in [1.807, 2.05) is 0 Å². The molecule has 8 heteroatoms. The van der Waals surface area contributed by atoms with E-state index in [-0.39, 0.29) is 12.6 Å². The Morgan fingerprint density at radius 3 is 2.68 bits per heavy atom. The molecule has 6 N–H and O–H groups in total. The second kappa shape index (κ2) is 7.37. The van der Waals surface area contributed by atoms with Crippen LogP contribution in [0.15, 0.2) is 18.2 Å². The summed E-state index contributed by atoms with van der Waals surface area (Å²) in [6.07, 6.45) is 0.920. The van der Waals surface area contributed by atoms with Crippen molar-refractivity contribution in [1.82, 2.24) is 10.2 Å². The summed E-state index contributed by atoms with van der Waals surface area (Å²) in [4.78, 5) is 25.3. The fraction of sp³-hybridized carbons (Fsp3) is 0.529. The van der Waals surface area contributed by atoms with Crippen molar-refractivity contribution in [2.75, 3.05) is 6.54 Å². The highest BCUT2D eigenvalue weighted by Gasteiger charge is 2.35. The molecule has 0 saturated carbocycles. The summed E-state index contributed by atoms with van der Waals surface area (Å²) in [5.74, 6) is -0.889. The average Bonchev–Trinajstić information content (AvgIpc) is 2.53. The first kappa shape index (κ1) is 19.1. The number of nitrogens with two attached hydrogens (primary N) is 2. The summed E-state index contributed by atoms with van der Waals surface area (Å²) in [6, 6.07) is 3.01. The number of nitrogens with one attached hydrogen (secondary N) is 1. The Morgan fingerprint density at radius 2 is 2.12 bits per heavy atom. The van der Waals surface area contributed by atoms with Gasteiger partial charge in [-0.3, -0.25) is 4.79 Å². The summed E-state index contributed by atoms with van der Waals surface area (Å²) >= 11 is 0. The number of urea groups is 1. The number of halogens is 1. The Kier molecular flexibility index (Phi) is 5.64. The highest BCUT2D eigenvalue weighted by Crippen LogP contribution is 2.33. The lowest BCUT2D eigenvalue weighted by atomic mass is 9.89. The maximum Gasteiger partial charge on any atom is 0.315 e. The van der Waals surface area contributed by atoms with Gasteiger partial charge in [-0.2, -0.15) is 0 Å². The number of hydrogen-bond donors (Lipinski definition) is 4. The molecule has 2 atom stereocenters. The number of nitrogens with zero attached hydrogens (tertiary/aromatic N) is 1. The van der Waals surface area contributed by atoms with Gasteiger partial charge in [0.25, 0.3) is 5.91 Å². The van der Waals surface area contributed by atoms with Gasteiger partial charge in [-0.1, -0.05) is 6.07 Å². The van der Waals surface area contributed by atoms with Crippen molar-refractivity contribution in [3.05, 3.63) is 35.1 Å². The van der Waals surface area contributed by atoms with Crippen LogP contribution in [0.3, 0.4) is 0 Å². The van der Waals surface area contributed by atoms with Crippen molar-refractivity contribution in [3.8, 4) is 0 Å². The number of primary amides is 1. The molecule has 25 heavy (non-hydrogen) atoms. The quantitative estimate of drug-likeness (QED) is 0.639. The molecule has 2 rings (SSSR count). The molecule has 0 bridgehead atoms. The van der Waals surface area contributed by atoms with Gasteiger partial charge in [-0.05, 0) is 49.9 Å². The van der Waals surface area contributed by atoms with Crippen LogP contribution in [0.4, 0.5) is 9.18 Å². The van der Waals surface area contributed by atoms with Crippen molar-refractivity contribution in [1.29, 1.82) is 0 Å². The maximum absolute atomic E-state index is 13.5. The van der Waals surface area contributed by atoms with E-state index in [4.69, 9.17) is 11.5 Å². The van der Waals surface area contributed by atoms with Crippen molar-refractivity contribution < 1.29 is 19.1 Å². The first-order chi connectivity index (χ1) is 11.6. The molecule has 2 unspecified atom stereocenters. The van der Waals surface area contributed by atoms with Crippen LogP contribution >= 0.6 is 0 Å². The zero-order chi connectivity index (χ0) is 18.8. The van der Waals surface area contributed by atoms with Crippen molar-refractivity contribution >= 4 is 11.9 Å². The molecular formula is C17H25FN4O3. The molecule has 1 aliphatic rings. The number of rotatable bonds is 4. The second-order valence-electron chi connectivity index (χ2n) is 6.85. The van der Waals surface area contributed by atoms with E-state index in [1.54, 1.807) is 6.07 Å². The van der Waals surface area contributed by atoms with Gasteiger partial charge >= 0.3 is 6.03 Å². The normalized spacial score (nSPS) is 21.1. The second-order valence-corrected chi connectivity index (χ2v) is 6.85. The number of aliphatic hydroxyl groups is 1. The minimum absolute atomic E-state index is 0.122. The molecule has 1 heterocycles. The summed E-state index contributed by atoms with van der Waals surface area (Å²) in [5, 5.41) is 12.6. The van der Waals surface area contributed by atoms with Crippen molar-refractivity contribution in [2.24, 2.45) is 11.5 Å². The lowest BCUT2D eigenvalue weighted by Crippen LogP contribution is -2.53. The monoisotopic (exact) mass is 352 g/mol. The van der Waals surface area contributed by atoms with Gasteiger partial charge in [-0.15, -0.1) is 0 Å². The molecule has 0 aliphatic carbocycles. The minimum Gasteiger partial charge on any atom is -0.381 e. The minimum atomic E-state index is -1.49. The fourth-order valence-corrected chi connectivity index (χ4v) is 3.09. The summed E-state index contributed by atoms with van der Waals surface area (Å²) in [6.45, 7) is 3.28. The Hall–Kier alpha value is -2.19. The average molecular weight is 352 g/mol. The molecule has 0 radical (unpaired) electrons. The molecule has 1 fully saturated rings. The van der Waals surface area contributed by atoms with E-state index in [0.717, 1.165) is 0 Å². The number of amides is 3. The zero-order valence-corrected chi connectivity index (χ0v) is 14.5. The van der Waals surface area contributed by atoms with E-state index in [1.165, 1.54) is 30.9 Å². The van der Waals surface area contributed by atoms with Crippen LogP contribution in [0.5, 0.6) is 0 Å². The Bertz CT molecular complexity index is 660. The third-order valence-electron chi connectivity index (χ3n) is 4.46. The van der Waals surface area contributed by atoms with E-state index < -0.39 is 29.4 Å². The zero-order valence-electron chi connectivity index (χ0n) is 14.5. The van der Waals surface area contributed by atoms with Gasteiger partial charge in [0.15, 0.2) is 0 Å². The third kappa shape index (κ3) is 4.46. The van der Waals surface area contributed by atoms with E-state index in [0.29, 0.717) is 30.5 Å². The van der Waals surface area contributed by atoms with Crippen LogP contribution in [-0.4, -0.2) is 40.1 Å². The van der Waals surface area contributed by atoms with Gasteiger partial charge in [-0.25, -0.2) is 9.18 Å². The van der Waals surface area contributed by atoms with Crippen molar-refractivity contribution in [3.63, 3.8) is 0 Å². The lowest BCUT2D eigenvalue weighted by molar-refractivity contribution is -0.137. The van der Waals surface area contributed by atoms with Crippen LogP contribution in [0.25, 0.3) is 0 Å². The summed E-state index contributed by atoms with van der Waals surface area (Å²) in [7, 11) is 0. The first-order valence-corrected chi connectivity index (χ1v) is 8.21. The number of likely N-dealkylation sites (tertiary alicyclic amines) is 1. The van der Waals surface area contributed by atoms with Crippen LogP contribution in [0.1, 0.15) is 43.9 Å². The van der Waals surface area contributed by atoms with E-state index >= 15 is 0 Å². The molecule has 3 amide bonds.